The molecule has 0 saturated carbocycles. The number of hydrogen-bond acceptors (Lipinski definition) is 5. The van der Waals surface area contributed by atoms with Crippen LogP contribution in [0.15, 0.2) is 34.9 Å². The van der Waals surface area contributed by atoms with E-state index in [-0.39, 0.29) is 12.1 Å². The van der Waals surface area contributed by atoms with Crippen molar-refractivity contribution in [1.82, 2.24) is 15.0 Å². The van der Waals surface area contributed by atoms with Crippen LogP contribution < -0.4 is 0 Å². The van der Waals surface area contributed by atoms with Gasteiger partial charge in [0.05, 0.1) is 6.04 Å². The van der Waals surface area contributed by atoms with E-state index in [2.05, 4.69) is 34.4 Å². The Morgan fingerprint density at radius 1 is 1.22 bits per heavy atom. The number of benzene rings is 1. The Hall–Kier alpha value is -2.37. The second kappa shape index (κ2) is 8.55. The molecule has 2 aromatic rings. The molecule has 0 bridgehead atoms. The number of aryl methyl sites for hydroxylation is 2. The molecule has 1 aliphatic heterocycles. The number of amides is 1. The van der Waals surface area contributed by atoms with Gasteiger partial charge in [0.1, 0.15) is 5.60 Å². The molecule has 6 heteroatoms. The third kappa shape index (κ3) is 5.55. The Bertz CT molecular complexity index is 737. The van der Waals surface area contributed by atoms with Crippen molar-refractivity contribution in [3.8, 4) is 0 Å². The van der Waals surface area contributed by atoms with Crippen LogP contribution in [-0.4, -0.2) is 33.3 Å². The predicted molar refractivity (Wildman–Crippen MR) is 102 cm³/mol. The monoisotopic (exact) mass is 371 g/mol. The highest BCUT2D eigenvalue weighted by atomic mass is 16.6. The van der Waals surface area contributed by atoms with Crippen LogP contribution in [-0.2, 0) is 17.6 Å². The summed E-state index contributed by atoms with van der Waals surface area (Å²) in [6.07, 6.45) is 5.21. The first-order chi connectivity index (χ1) is 12.9. The van der Waals surface area contributed by atoms with Gasteiger partial charge in [0.25, 0.3) is 0 Å². The molecule has 1 fully saturated rings. The lowest BCUT2D eigenvalue weighted by molar-refractivity contribution is 0.00821. The number of carbonyl (C=O) groups is 1. The van der Waals surface area contributed by atoms with Crippen LogP contribution in [0.2, 0.25) is 0 Å². The van der Waals surface area contributed by atoms with Gasteiger partial charge in [0.2, 0.25) is 5.89 Å². The third-order valence-corrected chi connectivity index (χ3v) is 4.61. The van der Waals surface area contributed by atoms with Crippen LogP contribution in [0.25, 0.3) is 0 Å². The minimum atomic E-state index is -0.515. The first-order valence-electron chi connectivity index (χ1n) is 9.78. The molecule has 3 rings (SSSR count). The Morgan fingerprint density at radius 2 is 2.00 bits per heavy atom. The number of ether oxygens (including phenoxy) is 1. The number of likely N-dealkylation sites (tertiary alicyclic amines) is 1. The molecular weight excluding hydrogens is 342 g/mol. The molecule has 1 amide bonds. The first-order valence-corrected chi connectivity index (χ1v) is 9.78. The van der Waals surface area contributed by atoms with Crippen LogP contribution in [0.3, 0.4) is 0 Å². The molecule has 1 aromatic heterocycles. The average Bonchev–Trinajstić information content (AvgIpc) is 3.10. The normalized spacial score (nSPS) is 17.7. The van der Waals surface area contributed by atoms with E-state index >= 15 is 0 Å². The number of carbonyl (C=O) groups excluding carboxylic acids is 1. The maximum absolute atomic E-state index is 12.6. The van der Waals surface area contributed by atoms with Gasteiger partial charge in [-0.3, -0.25) is 4.90 Å². The molecule has 0 N–H and O–H groups in total. The summed E-state index contributed by atoms with van der Waals surface area (Å²) in [5.74, 6) is 1.23. The summed E-state index contributed by atoms with van der Waals surface area (Å²) < 4.78 is 11.0. The third-order valence-electron chi connectivity index (χ3n) is 4.61. The number of hydrogen-bond donors (Lipinski definition) is 0. The van der Waals surface area contributed by atoms with Crippen molar-refractivity contribution in [1.29, 1.82) is 0 Å². The summed E-state index contributed by atoms with van der Waals surface area (Å²) in [5, 5.41) is 4.16. The number of nitrogens with zero attached hydrogens (tertiary/aromatic N) is 3. The lowest BCUT2D eigenvalue weighted by atomic mass is 10.0. The fourth-order valence-corrected chi connectivity index (χ4v) is 3.33. The zero-order valence-corrected chi connectivity index (χ0v) is 16.5. The van der Waals surface area contributed by atoms with Crippen molar-refractivity contribution in [3.05, 3.63) is 47.6 Å². The highest BCUT2D eigenvalue weighted by Gasteiger charge is 2.34. The van der Waals surface area contributed by atoms with Crippen LogP contribution in [0, 0.1) is 0 Å². The minimum absolute atomic E-state index is 0.166. The average molecular weight is 371 g/mol. The van der Waals surface area contributed by atoms with Crippen LogP contribution >= 0.6 is 0 Å². The molecule has 1 atom stereocenters. The molecule has 0 unspecified atom stereocenters. The second-order valence-corrected chi connectivity index (χ2v) is 8.07. The Labute approximate surface area is 160 Å². The van der Waals surface area contributed by atoms with E-state index in [1.807, 2.05) is 26.8 Å². The summed E-state index contributed by atoms with van der Waals surface area (Å²) in [5.41, 5.74) is 0.791. The quantitative estimate of drug-likeness (QED) is 0.761. The lowest BCUT2D eigenvalue weighted by Gasteiger charge is -2.35. The van der Waals surface area contributed by atoms with Crippen molar-refractivity contribution >= 4 is 6.09 Å². The van der Waals surface area contributed by atoms with Gasteiger partial charge in [-0.2, -0.15) is 4.98 Å². The SMILES string of the molecule is CC(C)(C)OC(=O)N1CCCC[C@H]1c1noc(CCCc2ccccc2)n1. The molecule has 1 saturated heterocycles. The topological polar surface area (TPSA) is 68.5 Å². The van der Waals surface area contributed by atoms with Gasteiger partial charge in [-0.25, -0.2) is 4.79 Å². The zero-order chi connectivity index (χ0) is 19.3. The van der Waals surface area contributed by atoms with Crippen LogP contribution in [0.4, 0.5) is 4.79 Å². The van der Waals surface area contributed by atoms with Crippen molar-refractivity contribution in [2.24, 2.45) is 0 Å². The summed E-state index contributed by atoms with van der Waals surface area (Å²) in [6, 6.07) is 10.2. The van der Waals surface area contributed by atoms with Crippen molar-refractivity contribution in [2.45, 2.75) is 70.9 Å². The van der Waals surface area contributed by atoms with E-state index in [1.165, 1.54) is 5.56 Å². The van der Waals surface area contributed by atoms with Gasteiger partial charge in [-0.1, -0.05) is 35.5 Å². The number of rotatable bonds is 5. The zero-order valence-electron chi connectivity index (χ0n) is 16.5. The molecular formula is C21H29N3O3. The first kappa shape index (κ1) is 19.4. The fourth-order valence-electron chi connectivity index (χ4n) is 3.33. The fraction of sp³-hybridized carbons (Fsp3) is 0.571. The highest BCUT2D eigenvalue weighted by Crippen LogP contribution is 2.30. The van der Waals surface area contributed by atoms with E-state index in [1.54, 1.807) is 4.90 Å². The smallest absolute Gasteiger partial charge is 0.410 e. The molecule has 0 radical (unpaired) electrons. The van der Waals surface area contributed by atoms with Gasteiger partial charge >= 0.3 is 6.09 Å². The van der Waals surface area contributed by atoms with Crippen molar-refractivity contribution in [3.63, 3.8) is 0 Å². The summed E-state index contributed by atoms with van der Waals surface area (Å²) in [7, 11) is 0. The lowest BCUT2D eigenvalue weighted by Crippen LogP contribution is -2.42. The molecule has 0 aliphatic carbocycles. The van der Waals surface area contributed by atoms with Gasteiger partial charge in [0.15, 0.2) is 5.82 Å². The van der Waals surface area contributed by atoms with Crippen molar-refractivity contribution in [2.75, 3.05) is 6.54 Å². The van der Waals surface area contributed by atoms with Gasteiger partial charge in [0, 0.05) is 13.0 Å². The second-order valence-electron chi connectivity index (χ2n) is 8.07. The van der Waals surface area contributed by atoms with Crippen molar-refractivity contribution < 1.29 is 14.1 Å². The molecule has 27 heavy (non-hydrogen) atoms. The van der Waals surface area contributed by atoms with Gasteiger partial charge in [-0.05, 0) is 58.4 Å². The van der Waals surface area contributed by atoms with E-state index < -0.39 is 5.60 Å². The highest BCUT2D eigenvalue weighted by molar-refractivity contribution is 5.68. The standard InChI is InChI=1S/C21H29N3O3/c1-21(2,3)26-20(25)24-15-8-7-13-17(24)19-22-18(27-23-19)14-9-12-16-10-5-4-6-11-16/h4-6,10-11,17H,7-9,12-15H2,1-3H3/t17-/m0/s1. The Kier molecular flexibility index (Phi) is 6.14. The summed E-state index contributed by atoms with van der Waals surface area (Å²) in [4.78, 5) is 18.9. The number of piperidine rings is 1. The van der Waals surface area contributed by atoms with E-state index in [0.717, 1.165) is 38.5 Å². The molecule has 1 aliphatic rings. The van der Waals surface area contributed by atoms with Gasteiger partial charge < -0.3 is 9.26 Å². The minimum Gasteiger partial charge on any atom is -0.444 e. The summed E-state index contributed by atoms with van der Waals surface area (Å²) in [6.45, 7) is 6.30. The maximum Gasteiger partial charge on any atom is 0.410 e. The largest absolute Gasteiger partial charge is 0.444 e. The molecule has 0 spiro atoms. The molecule has 2 heterocycles. The summed E-state index contributed by atoms with van der Waals surface area (Å²) >= 11 is 0. The molecule has 6 nitrogen and oxygen atoms in total. The number of aromatic nitrogens is 2. The Balaban J connectivity index is 1.60. The maximum atomic E-state index is 12.6. The van der Waals surface area contributed by atoms with Crippen LogP contribution in [0.5, 0.6) is 0 Å². The van der Waals surface area contributed by atoms with Crippen LogP contribution in [0.1, 0.15) is 69.8 Å². The predicted octanol–water partition coefficient (Wildman–Crippen LogP) is 4.71. The Morgan fingerprint density at radius 3 is 2.74 bits per heavy atom. The molecule has 1 aromatic carbocycles. The van der Waals surface area contributed by atoms with E-state index in [0.29, 0.717) is 18.3 Å². The van der Waals surface area contributed by atoms with Gasteiger partial charge in [-0.15, -0.1) is 0 Å². The van der Waals surface area contributed by atoms with E-state index in [9.17, 15) is 4.79 Å². The molecule has 146 valence electrons. The van der Waals surface area contributed by atoms with E-state index in [4.69, 9.17) is 9.26 Å².